The van der Waals surface area contributed by atoms with Gasteiger partial charge in [-0.1, -0.05) is 25.1 Å². The number of aliphatic carboxylic acids is 1. The van der Waals surface area contributed by atoms with Crippen molar-refractivity contribution < 1.29 is 33.0 Å². The minimum absolute atomic E-state index is 0.118. The summed E-state index contributed by atoms with van der Waals surface area (Å²) >= 11 is 1.33. The lowest BCUT2D eigenvalue weighted by Crippen LogP contribution is -2.10. The number of rotatable bonds is 8. The first kappa shape index (κ1) is 24.6. The van der Waals surface area contributed by atoms with Crippen LogP contribution < -0.4 is 4.74 Å². The monoisotopic (exact) mass is 479 g/mol. The minimum atomic E-state index is -4.40. The average Bonchev–Trinajstić information content (AvgIpc) is 3.10. The Bertz CT molecular complexity index is 1200. The molecule has 0 unspecified atom stereocenters. The molecule has 0 amide bonds. The molecule has 1 heterocycles. The third-order valence-corrected chi connectivity index (χ3v) is 6.51. The van der Waals surface area contributed by atoms with Crippen LogP contribution in [0.2, 0.25) is 0 Å². The van der Waals surface area contributed by atoms with Crippen molar-refractivity contribution >= 4 is 33.1 Å². The van der Waals surface area contributed by atoms with Crippen LogP contribution in [-0.2, 0) is 17.4 Å². The van der Waals surface area contributed by atoms with Gasteiger partial charge in [0.2, 0.25) is 0 Å². The molecule has 0 spiro atoms. The van der Waals surface area contributed by atoms with Crippen LogP contribution in [-0.4, -0.2) is 28.6 Å². The number of aryl methyl sites for hydroxylation is 2. The molecule has 0 radical (unpaired) electrons. The SMILES string of the molecule is Cc1cc(C(CCc2sc3cc(C(F)(F)F)ccc3c2C(C)C)=NO)ccc1OCC(=O)O. The zero-order chi connectivity index (χ0) is 24.3. The molecule has 0 saturated carbocycles. The van der Waals surface area contributed by atoms with E-state index in [9.17, 15) is 23.2 Å². The predicted octanol–water partition coefficient (Wildman–Crippen LogP) is 6.63. The van der Waals surface area contributed by atoms with E-state index in [0.29, 0.717) is 40.1 Å². The van der Waals surface area contributed by atoms with Crippen LogP contribution in [0.5, 0.6) is 5.75 Å². The van der Waals surface area contributed by atoms with Crippen LogP contribution in [0.15, 0.2) is 41.6 Å². The number of carbonyl (C=O) groups is 1. The number of fused-ring (bicyclic) bond motifs is 1. The Hall–Kier alpha value is -3.07. The van der Waals surface area contributed by atoms with Crippen molar-refractivity contribution in [3.05, 3.63) is 63.5 Å². The van der Waals surface area contributed by atoms with Crippen molar-refractivity contribution in [3.8, 4) is 5.75 Å². The summed E-state index contributed by atoms with van der Waals surface area (Å²) in [6.07, 6.45) is -3.51. The standard InChI is InChI=1S/C24H24F3NO4S/c1-13(2)23-17-6-5-16(24(25,26)27)11-21(17)33-20(23)9-7-18(28-31)15-4-8-19(14(3)10-15)32-12-22(29)30/h4-6,8,10-11,13,31H,7,9,12H2,1-3H3,(H,29,30). The summed E-state index contributed by atoms with van der Waals surface area (Å²) in [5.41, 5.74) is 2.11. The van der Waals surface area contributed by atoms with Gasteiger partial charge in [-0.2, -0.15) is 13.2 Å². The van der Waals surface area contributed by atoms with E-state index in [1.807, 2.05) is 13.8 Å². The van der Waals surface area contributed by atoms with Gasteiger partial charge in [0, 0.05) is 9.58 Å². The second-order valence-electron chi connectivity index (χ2n) is 8.01. The smallest absolute Gasteiger partial charge is 0.416 e. The maximum absolute atomic E-state index is 13.1. The molecule has 0 saturated heterocycles. The summed E-state index contributed by atoms with van der Waals surface area (Å²) in [5, 5.41) is 22.6. The van der Waals surface area contributed by atoms with Gasteiger partial charge in [-0.05, 0) is 78.1 Å². The number of alkyl halides is 3. The first-order valence-corrected chi connectivity index (χ1v) is 11.1. The maximum Gasteiger partial charge on any atom is 0.416 e. The molecule has 0 aliphatic rings. The minimum Gasteiger partial charge on any atom is -0.482 e. The van der Waals surface area contributed by atoms with Crippen LogP contribution in [0.3, 0.4) is 0 Å². The summed E-state index contributed by atoms with van der Waals surface area (Å²) in [6, 6.07) is 8.89. The van der Waals surface area contributed by atoms with Gasteiger partial charge in [0.25, 0.3) is 0 Å². The molecule has 5 nitrogen and oxygen atoms in total. The molecular weight excluding hydrogens is 455 g/mol. The van der Waals surface area contributed by atoms with E-state index in [2.05, 4.69) is 5.16 Å². The van der Waals surface area contributed by atoms with E-state index < -0.39 is 24.3 Å². The van der Waals surface area contributed by atoms with Crippen molar-refractivity contribution in [1.82, 2.24) is 0 Å². The lowest BCUT2D eigenvalue weighted by Gasteiger charge is -2.11. The Morgan fingerprint density at radius 2 is 1.91 bits per heavy atom. The Morgan fingerprint density at radius 3 is 2.48 bits per heavy atom. The fourth-order valence-corrected chi connectivity index (χ4v) is 5.18. The summed E-state index contributed by atoms with van der Waals surface area (Å²) in [5.74, 6) is -0.541. The third kappa shape index (κ3) is 5.65. The maximum atomic E-state index is 13.1. The first-order chi connectivity index (χ1) is 15.5. The fraction of sp³-hybridized carbons (Fsp3) is 0.333. The number of oxime groups is 1. The number of benzene rings is 2. The zero-order valence-electron chi connectivity index (χ0n) is 18.4. The van der Waals surface area contributed by atoms with Crippen LogP contribution in [0.25, 0.3) is 10.1 Å². The van der Waals surface area contributed by atoms with Gasteiger partial charge in [0.1, 0.15) is 5.75 Å². The molecule has 176 valence electrons. The van der Waals surface area contributed by atoms with Crippen molar-refractivity contribution in [2.24, 2.45) is 5.16 Å². The predicted molar refractivity (Wildman–Crippen MR) is 122 cm³/mol. The molecule has 0 aliphatic carbocycles. The van der Waals surface area contributed by atoms with Crippen LogP contribution >= 0.6 is 11.3 Å². The Labute approximate surface area is 193 Å². The third-order valence-electron chi connectivity index (χ3n) is 5.28. The van der Waals surface area contributed by atoms with Crippen molar-refractivity contribution in [2.75, 3.05) is 6.61 Å². The number of carboxylic acids is 1. The fourth-order valence-electron chi connectivity index (χ4n) is 3.78. The lowest BCUT2D eigenvalue weighted by atomic mass is 9.95. The number of ether oxygens (including phenoxy) is 1. The second-order valence-corrected chi connectivity index (χ2v) is 9.15. The van der Waals surface area contributed by atoms with Gasteiger partial charge in [-0.15, -0.1) is 11.3 Å². The molecule has 2 N–H and O–H groups in total. The molecule has 0 atom stereocenters. The number of thiophene rings is 1. The van der Waals surface area contributed by atoms with E-state index in [4.69, 9.17) is 9.84 Å². The van der Waals surface area contributed by atoms with Gasteiger partial charge in [0.05, 0.1) is 11.3 Å². The Kier molecular flexibility index (Phi) is 7.31. The number of carboxylic acid groups (broad SMARTS) is 1. The highest BCUT2D eigenvalue weighted by Gasteiger charge is 2.31. The largest absolute Gasteiger partial charge is 0.482 e. The molecular formula is C24H24F3NO4S. The molecule has 0 aliphatic heterocycles. The molecule has 3 rings (SSSR count). The number of hydrogen-bond donors (Lipinski definition) is 2. The molecule has 1 aromatic heterocycles. The summed E-state index contributed by atoms with van der Waals surface area (Å²) in [7, 11) is 0. The highest BCUT2D eigenvalue weighted by Crippen LogP contribution is 2.40. The molecule has 9 heteroatoms. The number of hydrogen-bond acceptors (Lipinski definition) is 5. The topological polar surface area (TPSA) is 79.1 Å². The zero-order valence-corrected chi connectivity index (χ0v) is 19.2. The van der Waals surface area contributed by atoms with Gasteiger partial charge in [-0.3, -0.25) is 0 Å². The van der Waals surface area contributed by atoms with Gasteiger partial charge in [0.15, 0.2) is 6.61 Å². The van der Waals surface area contributed by atoms with Gasteiger partial charge in [-0.25, -0.2) is 4.79 Å². The van der Waals surface area contributed by atoms with Crippen molar-refractivity contribution in [1.29, 1.82) is 0 Å². The summed E-state index contributed by atoms with van der Waals surface area (Å²) in [4.78, 5) is 11.7. The van der Waals surface area contributed by atoms with Crippen molar-refractivity contribution in [3.63, 3.8) is 0 Å². The van der Waals surface area contributed by atoms with E-state index in [0.717, 1.165) is 21.9 Å². The molecule has 3 aromatic rings. The highest BCUT2D eigenvalue weighted by molar-refractivity contribution is 7.19. The van der Waals surface area contributed by atoms with E-state index in [-0.39, 0.29) is 5.92 Å². The van der Waals surface area contributed by atoms with Crippen LogP contribution in [0, 0.1) is 6.92 Å². The van der Waals surface area contributed by atoms with Crippen molar-refractivity contribution in [2.45, 2.75) is 45.7 Å². The van der Waals surface area contributed by atoms with Gasteiger partial charge >= 0.3 is 12.1 Å². The average molecular weight is 480 g/mol. The first-order valence-electron chi connectivity index (χ1n) is 10.3. The lowest BCUT2D eigenvalue weighted by molar-refractivity contribution is -0.139. The summed E-state index contributed by atoms with van der Waals surface area (Å²) in [6.45, 7) is 5.31. The molecule has 0 fully saturated rings. The molecule has 33 heavy (non-hydrogen) atoms. The summed E-state index contributed by atoms with van der Waals surface area (Å²) < 4.78 is 45.2. The number of halogens is 3. The van der Waals surface area contributed by atoms with E-state index in [1.54, 1.807) is 25.1 Å². The molecule has 2 aromatic carbocycles. The second kappa shape index (κ2) is 9.82. The normalized spacial score (nSPS) is 12.5. The van der Waals surface area contributed by atoms with Gasteiger partial charge < -0.3 is 15.1 Å². The Morgan fingerprint density at radius 1 is 1.18 bits per heavy atom. The molecule has 0 bridgehead atoms. The van der Waals surface area contributed by atoms with Crippen LogP contribution in [0.1, 0.15) is 53.3 Å². The van der Waals surface area contributed by atoms with E-state index in [1.165, 1.54) is 23.5 Å². The quantitative estimate of drug-likeness (QED) is 0.216. The van der Waals surface area contributed by atoms with Crippen LogP contribution in [0.4, 0.5) is 13.2 Å². The number of nitrogens with zero attached hydrogens (tertiary/aromatic N) is 1. The Balaban J connectivity index is 1.85. The highest BCUT2D eigenvalue weighted by atomic mass is 32.1. The van der Waals surface area contributed by atoms with E-state index >= 15 is 0 Å².